The van der Waals surface area contributed by atoms with Gasteiger partial charge in [-0.25, -0.2) is 0 Å². The van der Waals surface area contributed by atoms with Crippen LogP contribution in [0.15, 0.2) is 41.2 Å². The van der Waals surface area contributed by atoms with Crippen molar-refractivity contribution in [1.29, 1.82) is 0 Å². The molecule has 0 saturated carbocycles. The van der Waals surface area contributed by atoms with Crippen molar-refractivity contribution in [2.45, 2.75) is 26.8 Å². The van der Waals surface area contributed by atoms with Gasteiger partial charge >= 0.3 is 0 Å². The number of benzene rings is 2. The van der Waals surface area contributed by atoms with Gasteiger partial charge in [-0.1, -0.05) is 17.7 Å². The molecule has 0 saturated heterocycles. The van der Waals surface area contributed by atoms with Gasteiger partial charge in [-0.05, 0) is 73.3 Å². The van der Waals surface area contributed by atoms with E-state index >= 15 is 0 Å². The summed E-state index contributed by atoms with van der Waals surface area (Å²) >= 11 is 5.57. The minimum atomic E-state index is -0.148. The number of pyridine rings is 1. The van der Waals surface area contributed by atoms with Crippen LogP contribution in [-0.2, 0) is 13.0 Å². The van der Waals surface area contributed by atoms with E-state index in [0.29, 0.717) is 41.8 Å². The SMILES string of the molecule is COc1ccc(CCNC(=S)N(CCO)Cc2cc3cc(C)cc(C)c3[nH]c2=O)cc1OC. The largest absolute Gasteiger partial charge is 0.493 e. The molecule has 0 aliphatic carbocycles. The van der Waals surface area contributed by atoms with E-state index in [2.05, 4.69) is 16.4 Å². The number of ether oxygens (including phenoxy) is 2. The second-order valence-corrected chi connectivity index (χ2v) is 8.37. The van der Waals surface area contributed by atoms with Crippen LogP contribution >= 0.6 is 12.2 Å². The number of aliphatic hydroxyl groups is 1. The number of methoxy groups -OCH3 is 2. The first-order valence-electron chi connectivity index (χ1n) is 10.8. The monoisotopic (exact) mass is 469 g/mol. The van der Waals surface area contributed by atoms with E-state index in [-0.39, 0.29) is 12.2 Å². The Kier molecular flexibility index (Phi) is 8.30. The first kappa shape index (κ1) is 24.5. The Morgan fingerprint density at radius 3 is 2.58 bits per heavy atom. The fraction of sp³-hybridized carbons (Fsp3) is 0.360. The molecule has 0 unspecified atom stereocenters. The number of hydrogen-bond donors (Lipinski definition) is 3. The van der Waals surface area contributed by atoms with Crippen LogP contribution in [0.4, 0.5) is 0 Å². The maximum absolute atomic E-state index is 12.7. The summed E-state index contributed by atoms with van der Waals surface area (Å²) in [6, 6.07) is 11.8. The molecule has 8 heteroatoms. The summed E-state index contributed by atoms with van der Waals surface area (Å²) < 4.78 is 10.6. The summed E-state index contributed by atoms with van der Waals surface area (Å²) in [5.74, 6) is 1.37. The van der Waals surface area contributed by atoms with Crippen molar-refractivity contribution in [3.63, 3.8) is 0 Å². The van der Waals surface area contributed by atoms with Gasteiger partial charge in [0.2, 0.25) is 0 Å². The maximum atomic E-state index is 12.7. The highest BCUT2D eigenvalue weighted by atomic mass is 32.1. The van der Waals surface area contributed by atoms with E-state index in [4.69, 9.17) is 21.7 Å². The van der Waals surface area contributed by atoms with Gasteiger partial charge in [0.05, 0.1) is 32.9 Å². The van der Waals surface area contributed by atoms with Crippen molar-refractivity contribution in [2.24, 2.45) is 0 Å². The third-order valence-corrected chi connectivity index (χ3v) is 5.93. The molecule has 0 fully saturated rings. The summed E-state index contributed by atoms with van der Waals surface area (Å²) in [4.78, 5) is 17.5. The van der Waals surface area contributed by atoms with Gasteiger partial charge in [0, 0.05) is 18.7 Å². The quantitative estimate of drug-likeness (QED) is 0.415. The molecule has 7 nitrogen and oxygen atoms in total. The van der Waals surface area contributed by atoms with E-state index in [9.17, 15) is 9.90 Å². The molecular formula is C25H31N3O4S. The topological polar surface area (TPSA) is 86.8 Å². The van der Waals surface area contributed by atoms with E-state index in [1.165, 1.54) is 0 Å². The molecule has 2 aromatic carbocycles. The normalized spacial score (nSPS) is 10.8. The van der Waals surface area contributed by atoms with Gasteiger partial charge in [0.25, 0.3) is 5.56 Å². The van der Waals surface area contributed by atoms with Crippen molar-refractivity contribution in [2.75, 3.05) is 33.9 Å². The predicted octanol–water partition coefficient (Wildman–Crippen LogP) is 3.07. The van der Waals surface area contributed by atoms with Gasteiger partial charge in [-0.3, -0.25) is 4.79 Å². The number of hydrogen-bond acceptors (Lipinski definition) is 5. The molecule has 3 N–H and O–H groups in total. The summed E-state index contributed by atoms with van der Waals surface area (Å²) in [7, 11) is 3.22. The van der Waals surface area contributed by atoms with Crippen LogP contribution in [0.3, 0.4) is 0 Å². The van der Waals surface area contributed by atoms with Crippen molar-refractivity contribution in [3.8, 4) is 11.5 Å². The van der Waals surface area contributed by atoms with Crippen LogP contribution in [0, 0.1) is 13.8 Å². The second kappa shape index (κ2) is 11.2. The molecule has 0 amide bonds. The first-order chi connectivity index (χ1) is 15.9. The lowest BCUT2D eigenvalue weighted by Crippen LogP contribution is -2.42. The second-order valence-electron chi connectivity index (χ2n) is 7.99. The lowest BCUT2D eigenvalue weighted by atomic mass is 10.1. The number of fused-ring (bicyclic) bond motifs is 1. The smallest absolute Gasteiger partial charge is 0.253 e. The Morgan fingerprint density at radius 2 is 1.88 bits per heavy atom. The van der Waals surface area contributed by atoms with Crippen LogP contribution in [0.1, 0.15) is 22.3 Å². The average Bonchev–Trinajstić information content (AvgIpc) is 2.79. The Morgan fingerprint density at radius 1 is 1.12 bits per heavy atom. The number of aliphatic hydroxyl groups excluding tert-OH is 1. The maximum Gasteiger partial charge on any atom is 0.253 e. The zero-order valence-corrected chi connectivity index (χ0v) is 20.3. The van der Waals surface area contributed by atoms with Crippen LogP contribution < -0.4 is 20.3 Å². The van der Waals surface area contributed by atoms with Crippen molar-refractivity contribution < 1.29 is 14.6 Å². The van der Waals surface area contributed by atoms with Gasteiger partial charge in [-0.15, -0.1) is 0 Å². The summed E-state index contributed by atoms with van der Waals surface area (Å²) in [6.07, 6.45) is 0.725. The van der Waals surface area contributed by atoms with E-state index < -0.39 is 0 Å². The molecule has 1 aromatic heterocycles. The predicted molar refractivity (Wildman–Crippen MR) is 135 cm³/mol. The minimum absolute atomic E-state index is 0.0683. The van der Waals surface area contributed by atoms with E-state index in [0.717, 1.165) is 34.0 Å². The molecule has 3 aromatic rings. The average molecular weight is 470 g/mol. The van der Waals surface area contributed by atoms with Gasteiger partial charge in [0.15, 0.2) is 16.6 Å². The fourth-order valence-electron chi connectivity index (χ4n) is 3.89. The molecule has 33 heavy (non-hydrogen) atoms. The van der Waals surface area contributed by atoms with Crippen LogP contribution in [0.2, 0.25) is 0 Å². The molecule has 1 heterocycles. The number of aryl methyl sites for hydroxylation is 2. The fourth-order valence-corrected chi connectivity index (χ4v) is 4.15. The molecule has 0 bridgehead atoms. The number of H-pyrrole nitrogens is 1. The molecular weight excluding hydrogens is 438 g/mol. The molecule has 3 rings (SSSR count). The zero-order chi connectivity index (χ0) is 24.0. The third kappa shape index (κ3) is 6.03. The Balaban J connectivity index is 1.69. The van der Waals surface area contributed by atoms with Crippen LogP contribution in [-0.4, -0.2) is 54.0 Å². The van der Waals surface area contributed by atoms with Crippen LogP contribution in [0.25, 0.3) is 10.9 Å². The van der Waals surface area contributed by atoms with Crippen molar-refractivity contribution >= 4 is 28.2 Å². The minimum Gasteiger partial charge on any atom is -0.493 e. The summed E-state index contributed by atoms with van der Waals surface area (Å²) in [5.41, 5.74) is 4.55. The lowest BCUT2D eigenvalue weighted by Gasteiger charge is -2.25. The van der Waals surface area contributed by atoms with E-state index in [1.807, 2.05) is 49.1 Å². The number of aromatic nitrogens is 1. The summed E-state index contributed by atoms with van der Waals surface area (Å²) in [6.45, 7) is 5.19. The van der Waals surface area contributed by atoms with Gasteiger partial charge < -0.3 is 29.8 Å². The Labute approximate surface area is 199 Å². The molecule has 0 aliphatic rings. The number of nitrogens with one attached hydrogen (secondary N) is 2. The first-order valence-corrected chi connectivity index (χ1v) is 11.2. The Bertz CT molecular complexity index is 1190. The van der Waals surface area contributed by atoms with E-state index in [1.54, 1.807) is 14.2 Å². The molecule has 0 aliphatic heterocycles. The molecule has 0 atom stereocenters. The van der Waals surface area contributed by atoms with Crippen molar-refractivity contribution in [3.05, 3.63) is 69.0 Å². The van der Waals surface area contributed by atoms with Crippen LogP contribution in [0.5, 0.6) is 11.5 Å². The van der Waals surface area contributed by atoms with Crippen molar-refractivity contribution in [1.82, 2.24) is 15.2 Å². The highest BCUT2D eigenvalue weighted by Crippen LogP contribution is 2.27. The number of rotatable bonds is 9. The lowest BCUT2D eigenvalue weighted by molar-refractivity contribution is 0.245. The molecule has 176 valence electrons. The summed E-state index contributed by atoms with van der Waals surface area (Å²) in [5, 5.41) is 14.3. The van der Waals surface area contributed by atoms with Gasteiger partial charge in [-0.2, -0.15) is 0 Å². The highest BCUT2D eigenvalue weighted by Gasteiger charge is 2.14. The van der Waals surface area contributed by atoms with Gasteiger partial charge in [0.1, 0.15) is 0 Å². The highest BCUT2D eigenvalue weighted by molar-refractivity contribution is 7.80. The number of nitrogens with zero attached hydrogens (tertiary/aromatic N) is 1. The molecule has 0 radical (unpaired) electrons. The Hall–Kier alpha value is -3.10. The number of thiocarbonyl (C=S) groups is 1. The third-order valence-electron chi connectivity index (χ3n) is 5.53. The number of aromatic amines is 1. The molecule has 0 spiro atoms. The zero-order valence-electron chi connectivity index (χ0n) is 19.5. The standard InChI is InChI=1S/C25H31N3O4S/c1-16-11-17(2)23-19(12-16)14-20(24(30)27-23)15-28(9-10-29)25(33)26-8-7-18-5-6-21(31-3)22(13-18)32-4/h5-6,11-14,29H,7-10,15H2,1-4H3,(H,26,33)(H,27,30).